The van der Waals surface area contributed by atoms with E-state index in [2.05, 4.69) is 10.1 Å². The average Bonchev–Trinajstić information content (AvgIpc) is 3.54. The molecule has 1 aliphatic carbocycles. The zero-order valence-corrected chi connectivity index (χ0v) is 18.0. The van der Waals surface area contributed by atoms with E-state index in [1.165, 1.54) is 0 Å². The van der Waals surface area contributed by atoms with Crippen molar-refractivity contribution in [2.45, 2.75) is 19.2 Å². The van der Waals surface area contributed by atoms with Gasteiger partial charge in [-0.15, -0.1) is 4.90 Å². The van der Waals surface area contributed by atoms with Crippen molar-refractivity contribution in [1.29, 1.82) is 0 Å². The minimum absolute atomic E-state index is 0.0995. The van der Waals surface area contributed by atoms with Gasteiger partial charge in [0.2, 0.25) is 5.82 Å². The SMILES string of the molecule is O=C1C2=CC3OCOC3=CC2=[N+](Cc2ccccc2)C(=O)N1Cc1nc(-c2ccccc2)no1. The maximum Gasteiger partial charge on any atom is 0.502 e. The molecule has 3 aliphatic rings. The number of rotatable bonds is 5. The van der Waals surface area contributed by atoms with Crippen molar-refractivity contribution in [3.63, 3.8) is 0 Å². The second-order valence-corrected chi connectivity index (χ2v) is 7.99. The van der Waals surface area contributed by atoms with Crippen LogP contribution in [0, 0.1) is 0 Å². The zero-order chi connectivity index (χ0) is 23.1. The molecule has 168 valence electrons. The number of benzene rings is 2. The van der Waals surface area contributed by atoms with Gasteiger partial charge in [-0.05, 0) is 11.6 Å². The van der Waals surface area contributed by atoms with Crippen molar-refractivity contribution >= 4 is 17.6 Å². The van der Waals surface area contributed by atoms with Crippen molar-refractivity contribution < 1.29 is 28.2 Å². The number of carbonyl (C=O) groups is 2. The first-order valence-corrected chi connectivity index (χ1v) is 10.8. The topological polar surface area (TPSA) is 97.8 Å². The van der Waals surface area contributed by atoms with Gasteiger partial charge in [0.05, 0.1) is 0 Å². The van der Waals surface area contributed by atoms with E-state index in [4.69, 9.17) is 14.0 Å². The van der Waals surface area contributed by atoms with Crippen LogP contribution in [0.4, 0.5) is 4.79 Å². The van der Waals surface area contributed by atoms with E-state index in [0.29, 0.717) is 22.9 Å². The summed E-state index contributed by atoms with van der Waals surface area (Å²) >= 11 is 0. The van der Waals surface area contributed by atoms with Gasteiger partial charge in [0.1, 0.15) is 29.7 Å². The van der Waals surface area contributed by atoms with E-state index >= 15 is 0 Å². The first-order chi connectivity index (χ1) is 16.7. The van der Waals surface area contributed by atoms with Crippen molar-refractivity contribution in [1.82, 2.24) is 15.0 Å². The summed E-state index contributed by atoms with van der Waals surface area (Å²) in [6.07, 6.45) is 2.95. The molecule has 3 amide bonds. The lowest BCUT2D eigenvalue weighted by Crippen LogP contribution is -2.51. The third-order valence-corrected chi connectivity index (χ3v) is 5.83. The van der Waals surface area contributed by atoms with Gasteiger partial charge in [-0.2, -0.15) is 14.4 Å². The van der Waals surface area contributed by atoms with Crippen LogP contribution in [0.25, 0.3) is 11.4 Å². The molecule has 1 fully saturated rings. The van der Waals surface area contributed by atoms with Crippen LogP contribution in [0.3, 0.4) is 0 Å². The van der Waals surface area contributed by atoms with Crippen LogP contribution in [-0.2, 0) is 27.4 Å². The van der Waals surface area contributed by atoms with E-state index in [1.54, 1.807) is 16.7 Å². The number of aromatic nitrogens is 2. The number of nitrogens with zero attached hydrogens (tertiary/aromatic N) is 4. The number of urea groups is 1. The Kier molecular flexibility index (Phi) is 4.88. The van der Waals surface area contributed by atoms with Gasteiger partial charge in [-0.3, -0.25) is 0 Å². The van der Waals surface area contributed by atoms with Crippen LogP contribution >= 0.6 is 0 Å². The second-order valence-electron chi connectivity index (χ2n) is 7.99. The first kappa shape index (κ1) is 20.3. The Hall–Kier alpha value is -4.37. The number of amides is 3. The molecule has 0 N–H and O–H groups in total. The quantitative estimate of drug-likeness (QED) is 0.546. The molecule has 1 saturated heterocycles. The summed E-state index contributed by atoms with van der Waals surface area (Å²) in [4.78, 5) is 32.5. The van der Waals surface area contributed by atoms with Gasteiger partial charge in [0.15, 0.2) is 13.3 Å². The number of hydrogen-bond acceptors (Lipinski definition) is 7. The van der Waals surface area contributed by atoms with Gasteiger partial charge in [-0.1, -0.05) is 65.8 Å². The molecule has 0 radical (unpaired) electrons. The van der Waals surface area contributed by atoms with Crippen molar-refractivity contribution in [2.75, 3.05) is 6.79 Å². The van der Waals surface area contributed by atoms with Crippen LogP contribution in [0.2, 0.25) is 0 Å². The fourth-order valence-electron chi connectivity index (χ4n) is 4.15. The molecule has 2 aromatic carbocycles. The number of allylic oxidation sites excluding steroid dienone is 1. The summed E-state index contributed by atoms with van der Waals surface area (Å²) in [5.41, 5.74) is 2.56. The molecule has 9 nitrogen and oxygen atoms in total. The van der Waals surface area contributed by atoms with E-state index < -0.39 is 18.0 Å². The molecule has 1 atom stereocenters. The van der Waals surface area contributed by atoms with Crippen molar-refractivity contribution in [3.05, 3.63) is 95.6 Å². The minimum atomic E-state index is -0.477. The molecular formula is C25H19N4O5+. The highest BCUT2D eigenvalue weighted by molar-refractivity contribution is 6.29. The third kappa shape index (κ3) is 3.52. The lowest BCUT2D eigenvalue weighted by molar-refractivity contribution is -0.453. The molecular weight excluding hydrogens is 436 g/mol. The largest absolute Gasteiger partial charge is 0.502 e. The van der Waals surface area contributed by atoms with E-state index in [1.807, 2.05) is 60.7 Å². The van der Waals surface area contributed by atoms with Crippen LogP contribution in [0.1, 0.15) is 11.5 Å². The summed E-state index contributed by atoms with van der Waals surface area (Å²) in [6.45, 7) is 0.235. The maximum absolute atomic E-state index is 13.6. The smallest absolute Gasteiger partial charge is 0.469 e. The van der Waals surface area contributed by atoms with E-state index in [0.717, 1.165) is 16.0 Å². The van der Waals surface area contributed by atoms with Crippen LogP contribution in [0.15, 0.2) is 88.7 Å². The fourth-order valence-corrected chi connectivity index (χ4v) is 4.15. The van der Waals surface area contributed by atoms with Crippen molar-refractivity contribution in [3.8, 4) is 11.4 Å². The van der Waals surface area contributed by atoms with Gasteiger partial charge in [0, 0.05) is 11.6 Å². The Morgan fingerprint density at radius 1 is 1.03 bits per heavy atom. The summed E-state index contributed by atoms with van der Waals surface area (Å²) < 4.78 is 18.0. The molecule has 3 aromatic rings. The first-order valence-electron chi connectivity index (χ1n) is 10.8. The summed E-state index contributed by atoms with van der Waals surface area (Å²) in [5.74, 6) is 0.684. The maximum atomic E-state index is 13.6. The Labute approximate surface area is 194 Å². The predicted molar refractivity (Wildman–Crippen MR) is 118 cm³/mol. The Bertz CT molecular complexity index is 1370. The highest BCUT2D eigenvalue weighted by Gasteiger charge is 2.47. The Morgan fingerprint density at radius 2 is 1.79 bits per heavy atom. The summed E-state index contributed by atoms with van der Waals surface area (Å²) in [7, 11) is 0. The molecule has 1 unspecified atom stereocenters. The highest BCUT2D eigenvalue weighted by Crippen LogP contribution is 2.29. The standard InChI is InChI=1S/C25H19N4O5/c30-24-18-11-20-21(33-15-32-20)12-19(18)28(13-16-7-3-1-4-8-16)25(31)29(24)14-22-26-23(27-34-22)17-9-5-2-6-10-17/h1-12,20H,13-15H2/q+1. The average molecular weight is 455 g/mol. The number of ether oxygens (including phenoxy) is 2. The second kappa shape index (κ2) is 8.20. The highest BCUT2D eigenvalue weighted by atomic mass is 16.7. The fraction of sp³-hybridized carbons (Fsp3) is 0.160. The van der Waals surface area contributed by atoms with E-state index in [-0.39, 0.29) is 25.8 Å². The molecule has 6 rings (SSSR count). The normalized spacial score (nSPS) is 19.4. The number of fused-ring (bicyclic) bond motifs is 2. The van der Waals surface area contributed by atoms with Gasteiger partial charge in [-0.25, -0.2) is 4.79 Å². The molecule has 34 heavy (non-hydrogen) atoms. The van der Waals surface area contributed by atoms with Crippen LogP contribution in [0.5, 0.6) is 0 Å². The zero-order valence-electron chi connectivity index (χ0n) is 18.0. The molecule has 9 heteroatoms. The number of imide groups is 1. The molecule has 0 bridgehead atoms. The lowest BCUT2D eigenvalue weighted by Gasteiger charge is -2.25. The molecule has 0 saturated carbocycles. The van der Waals surface area contributed by atoms with Gasteiger partial charge in [0.25, 0.3) is 5.89 Å². The Morgan fingerprint density at radius 3 is 2.59 bits per heavy atom. The van der Waals surface area contributed by atoms with Crippen LogP contribution in [-0.4, -0.2) is 50.2 Å². The third-order valence-electron chi connectivity index (χ3n) is 5.83. The summed E-state index contributed by atoms with van der Waals surface area (Å²) in [6, 6.07) is 18.4. The molecule has 1 aromatic heterocycles. The van der Waals surface area contributed by atoms with Crippen molar-refractivity contribution in [2.24, 2.45) is 0 Å². The predicted octanol–water partition coefficient (Wildman–Crippen LogP) is 3.05. The van der Waals surface area contributed by atoms with Gasteiger partial charge >= 0.3 is 11.9 Å². The molecule has 0 spiro atoms. The lowest BCUT2D eigenvalue weighted by atomic mass is 9.97. The molecule has 2 aliphatic heterocycles. The Balaban J connectivity index is 1.37. The number of carbonyl (C=O) groups excluding carboxylic acids is 2. The van der Waals surface area contributed by atoms with E-state index in [9.17, 15) is 9.59 Å². The van der Waals surface area contributed by atoms with Crippen LogP contribution < -0.4 is 0 Å². The monoisotopic (exact) mass is 455 g/mol. The summed E-state index contributed by atoms with van der Waals surface area (Å²) in [5, 5.41) is 4.00. The van der Waals surface area contributed by atoms with Gasteiger partial charge < -0.3 is 14.0 Å². The minimum Gasteiger partial charge on any atom is -0.469 e. The molecule has 3 heterocycles. The number of hydrogen-bond donors (Lipinski definition) is 0.